The van der Waals surface area contributed by atoms with Crippen LogP contribution in [0.5, 0.6) is 0 Å². The quantitative estimate of drug-likeness (QED) is 0.576. The number of thioether (sulfide) groups is 1. The molecular weight excluding hydrogens is 334 g/mol. The maximum absolute atomic E-state index is 12.4. The first-order valence-electron chi connectivity index (χ1n) is 8.26. The fourth-order valence-electron chi connectivity index (χ4n) is 2.62. The predicted molar refractivity (Wildman–Crippen MR) is 96.4 cm³/mol. The maximum atomic E-state index is 12.4. The van der Waals surface area contributed by atoms with Crippen LogP contribution in [-0.4, -0.2) is 24.4 Å². The van der Waals surface area contributed by atoms with Crippen molar-refractivity contribution in [2.45, 2.75) is 30.4 Å². The van der Waals surface area contributed by atoms with Gasteiger partial charge in [-0.2, -0.15) is 5.26 Å². The van der Waals surface area contributed by atoms with Crippen molar-refractivity contribution >= 4 is 17.7 Å². The van der Waals surface area contributed by atoms with E-state index in [0.717, 1.165) is 35.7 Å². The smallest absolute Gasteiger partial charge is 0.339 e. The minimum absolute atomic E-state index is 0.190. The molecule has 0 amide bonds. The molecule has 1 aliphatic rings. The number of hydrogen-bond acceptors (Lipinski definition) is 5. The Bertz CT molecular complexity index is 761. The molecule has 4 nitrogen and oxygen atoms in total. The van der Waals surface area contributed by atoms with Gasteiger partial charge < -0.3 is 9.47 Å². The van der Waals surface area contributed by atoms with Crippen LogP contribution in [0, 0.1) is 11.3 Å². The monoisotopic (exact) mass is 353 g/mol. The Morgan fingerprint density at radius 1 is 1.24 bits per heavy atom. The van der Waals surface area contributed by atoms with Gasteiger partial charge in [-0.05, 0) is 42.7 Å². The highest BCUT2D eigenvalue weighted by Crippen LogP contribution is 2.27. The minimum atomic E-state index is -0.334. The summed E-state index contributed by atoms with van der Waals surface area (Å²) in [4.78, 5) is 13.4. The molecule has 2 aromatic carbocycles. The van der Waals surface area contributed by atoms with Crippen LogP contribution in [0.4, 0.5) is 0 Å². The summed E-state index contributed by atoms with van der Waals surface area (Å²) in [7, 11) is 0. The molecule has 128 valence electrons. The SMILES string of the molecule is N#Cc1ccc(COC(=O)c2ccccc2SCC2CCCO2)cc1. The van der Waals surface area contributed by atoms with Crippen molar-refractivity contribution in [1.82, 2.24) is 0 Å². The van der Waals surface area contributed by atoms with Gasteiger partial charge in [0.15, 0.2) is 0 Å². The molecule has 0 bridgehead atoms. The van der Waals surface area contributed by atoms with Crippen molar-refractivity contribution in [3.05, 3.63) is 65.2 Å². The van der Waals surface area contributed by atoms with Crippen molar-refractivity contribution in [2.24, 2.45) is 0 Å². The Labute approximate surface area is 151 Å². The first kappa shape index (κ1) is 17.5. The zero-order chi connectivity index (χ0) is 17.5. The molecule has 1 aliphatic heterocycles. The molecule has 25 heavy (non-hydrogen) atoms. The standard InChI is InChI=1S/C20H19NO3S/c21-12-15-7-9-16(10-8-15)13-24-20(22)18-5-1-2-6-19(18)25-14-17-4-3-11-23-17/h1-2,5-10,17H,3-4,11,13-14H2. The number of nitrogens with zero attached hydrogens (tertiary/aromatic N) is 1. The fraction of sp³-hybridized carbons (Fsp3) is 0.300. The molecule has 2 aromatic rings. The number of carbonyl (C=O) groups is 1. The molecule has 0 aliphatic carbocycles. The molecule has 1 fully saturated rings. The average molecular weight is 353 g/mol. The van der Waals surface area contributed by atoms with Gasteiger partial charge in [-0.25, -0.2) is 4.79 Å². The van der Waals surface area contributed by atoms with Crippen LogP contribution in [0.3, 0.4) is 0 Å². The van der Waals surface area contributed by atoms with Crippen LogP contribution >= 0.6 is 11.8 Å². The lowest BCUT2D eigenvalue weighted by Gasteiger charge is -2.12. The summed E-state index contributed by atoms with van der Waals surface area (Å²) in [5.41, 5.74) is 2.03. The van der Waals surface area contributed by atoms with E-state index >= 15 is 0 Å². The average Bonchev–Trinajstić information content (AvgIpc) is 3.18. The van der Waals surface area contributed by atoms with E-state index in [9.17, 15) is 4.79 Å². The van der Waals surface area contributed by atoms with E-state index in [1.165, 1.54) is 0 Å². The van der Waals surface area contributed by atoms with Gasteiger partial charge in [0.05, 0.1) is 23.3 Å². The third-order valence-corrected chi connectivity index (χ3v) is 5.21. The zero-order valence-corrected chi connectivity index (χ0v) is 14.6. The minimum Gasteiger partial charge on any atom is -0.457 e. The predicted octanol–water partition coefficient (Wildman–Crippen LogP) is 4.19. The molecule has 0 saturated carbocycles. The Kier molecular flexibility index (Phi) is 6.10. The number of nitriles is 1. The first-order chi connectivity index (χ1) is 12.3. The summed E-state index contributed by atoms with van der Waals surface area (Å²) in [5, 5.41) is 8.81. The Balaban J connectivity index is 1.59. The largest absolute Gasteiger partial charge is 0.457 e. The first-order valence-corrected chi connectivity index (χ1v) is 9.24. The summed E-state index contributed by atoms with van der Waals surface area (Å²) in [6.07, 6.45) is 2.46. The highest BCUT2D eigenvalue weighted by Gasteiger charge is 2.18. The number of benzene rings is 2. The molecule has 1 unspecified atom stereocenters. The summed E-state index contributed by atoms with van der Waals surface area (Å²) in [6, 6.07) is 16.6. The highest BCUT2D eigenvalue weighted by molar-refractivity contribution is 7.99. The molecule has 0 spiro atoms. The van der Waals surface area contributed by atoms with Crippen molar-refractivity contribution in [3.63, 3.8) is 0 Å². The molecule has 0 aromatic heterocycles. The van der Waals surface area contributed by atoms with Gasteiger partial charge in [0.1, 0.15) is 6.61 Å². The van der Waals surface area contributed by atoms with Crippen LogP contribution in [-0.2, 0) is 16.1 Å². The number of ether oxygens (including phenoxy) is 2. The van der Waals surface area contributed by atoms with Crippen molar-refractivity contribution in [1.29, 1.82) is 5.26 Å². The third-order valence-electron chi connectivity index (χ3n) is 4.01. The summed E-state index contributed by atoms with van der Waals surface area (Å²) >= 11 is 1.64. The van der Waals surface area contributed by atoms with Crippen molar-refractivity contribution in [2.75, 3.05) is 12.4 Å². The van der Waals surface area contributed by atoms with E-state index in [4.69, 9.17) is 14.7 Å². The lowest BCUT2D eigenvalue weighted by Crippen LogP contribution is -2.10. The molecule has 0 N–H and O–H groups in total. The van der Waals surface area contributed by atoms with Gasteiger partial charge in [-0.1, -0.05) is 24.3 Å². The topological polar surface area (TPSA) is 59.3 Å². The lowest BCUT2D eigenvalue weighted by molar-refractivity contribution is 0.0468. The van der Waals surface area contributed by atoms with E-state index in [1.807, 2.05) is 18.2 Å². The van der Waals surface area contributed by atoms with Crippen LogP contribution in [0.15, 0.2) is 53.4 Å². The lowest BCUT2D eigenvalue weighted by atomic mass is 10.1. The summed E-state index contributed by atoms with van der Waals surface area (Å²) in [5.74, 6) is 0.514. The molecule has 0 radical (unpaired) electrons. The zero-order valence-electron chi connectivity index (χ0n) is 13.8. The Hall–Kier alpha value is -2.29. The second-order valence-corrected chi connectivity index (χ2v) is 6.89. The molecule has 1 heterocycles. The van der Waals surface area contributed by atoms with Crippen LogP contribution in [0.2, 0.25) is 0 Å². The van der Waals surface area contributed by atoms with Gasteiger partial charge in [-0.3, -0.25) is 0 Å². The third kappa shape index (κ3) is 4.85. The summed E-state index contributed by atoms with van der Waals surface area (Å²) < 4.78 is 11.1. The summed E-state index contributed by atoms with van der Waals surface area (Å²) in [6.45, 7) is 1.02. The number of rotatable bonds is 6. The molecular formula is C20H19NO3S. The van der Waals surface area contributed by atoms with E-state index in [-0.39, 0.29) is 18.7 Å². The number of hydrogen-bond donors (Lipinski definition) is 0. The van der Waals surface area contributed by atoms with Gasteiger partial charge in [0.25, 0.3) is 0 Å². The van der Waals surface area contributed by atoms with E-state index in [2.05, 4.69) is 6.07 Å². The van der Waals surface area contributed by atoms with E-state index < -0.39 is 0 Å². The molecule has 3 rings (SSSR count). The number of carbonyl (C=O) groups excluding carboxylic acids is 1. The fourth-order valence-corrected chi connectivity index (χ4v) is 3.73. The van der Waals surface area contributed by atoms with Crippen LogP contribution in [0.1, 0.15) is 34.3 Å². The van der Waals surface area contributed by atoms with Gasteiger partial charge >= 0.3 is 5.97 Å². The maximum Gasteiger partial charge on any atom is 0.339 e. The van der Waals surface area contributed by atoms with Crippen LogP contribution in [0.25, 0.3) is 0 Å². The normalized spacial score (nSPS) is 16.4. The van der Waals surface area contributed by atoms with Gasteiger partial charge in [0.2, 0.25) is 0 Å². The van der Waals surface area contributed by atoms with Gasteiger partial charge in [0, 0.05) is 17.3 Å². The number of esters is 1. The molecule has 5 heteroatoms. The van der Waals surface area contributed by atoms with Crippen molar-refractivity contribution in [3.8, 4) is 6.07 Å². The second kappa shape index (κ2) is 8.70. The molecule has 1 saturated heterocycles. The Morgan fingerprint density at radius 2 is 2.04 bits per heavy atom. The van der Waals surface area contributed by atoms with Crippen LogP contribution < -0.4 is 0 Å². The second-order valence-electron chi connectivity index (χ2n) is 5.83. The van der Waals surface area contributed by atoms with Gasteiger partial charge in [-0.15, -0.1) is 11.8 Å². The van der Waals surface area contributed by atoms with Crippen molar-refractivity contribution < 1.29 is 14.3 Å². The molecule has 1 atom stereocenters. The highest BCUT2D eigenvalue weighted by atomic mass is 32.2. The Morgan fingerprint density at radius 3 is 2.76 bits per heavy atom. The van der Waals surface area contributed by atoms with E-state index in [0.29, 0.717) is 11.1 Å². The van der Waals surface area contributed by atoms with E-state index in [1.54, 1.807) is 42.1 Å².